The van der Waals surface area contributed by atoms with E-state index < -0.39 is 20.0 Å². The van der Waals surface area contributed by atoms with E-state index in [-0.39, 0.29) is 21.9 Å². The summed E-state index contributed by atoms with van der Waals surface area (Å²) in [5.74, 6) is 1.10. The molecule has 0 heterocycles. The summed E-state index contributed by atoms with van der Waals surface area (Å²) >= 11 is 0. The monoisotopic (exact) mass is 398 g/mol. The maximum Gasteiger partial charge on any atom is 0.240 e. The van der Waals surface area contributed by atoms with Crippen molar-refractivity contribution in [2.24, 2.45) is 11.8 Å². The van der Waals surface area contributed by atoms with Gasteiger partial charge in [0.15, 0.2) is 0 Å². The van der Waals surface area contributed by atoms with Crippen LogP contribution in [0.15, 0.2) is 34.1 Å². The van der Waals surface area contributed by atoms with Crippen LogP contribution in [0.2, 0.25) is 0 Å². The lowest BCUT2D eigenvalue weighted by Crippen LogP contribution is -2.38. The van der Waals surface area contributed by atoms with Crippen LogP contribution < -0.4 is 9.44 Å². The van der Waals surface area contributed by atoms with Gasteiger partial charge < -0.3 is 0 Å². The first-order chi connectivity index (χ1) is 12.3. The Kier molecular flexibility index (Phi) is 4.88. The van der Waals surface area contributed by atoms with Gasteiger partial charge in [-0.25, -0.2) is 26.3 Å². The number of hydrogen-bond acceptors (Lipinski definition) is 4. The molecular weight excluding hydrogens is 372 g/mol. The smallest absolute Gasteiger partial charge is 0.208 e. The minimum absolute atomic E-state index is 0.0112. The van der Waals surface area contributed by atoms with Crippen molar-refractivity contribution in [3.05, 3.63) is 24.3 Å². The Morgan fingerprint density at radius 2 is 1.31 bits per heavy atom. The van der Waals surface area contributed by atoms with Gasteiger partial charge in [-0.1, -0.05) is 19.3 Å². The van der Waals surface area contributed by atoms with Gasteiger partial charge in [0.1, 0.15) is 0 Å². The van der Waals surface area contributed by atoms with Crippen LogP contribution in [0.4, 0.5) is 0 Å². The highest BCUT2D eigenvalue weighted by Crippen LogP contribution is 2.44. The number of rotatable bonds is 6. The molecule has 3 fully saturated rings. The van der Waals surface area contributed by atoms with Gasteiger partial charge in [-0.15, -0.1) is 0 Å². The molecule has 1 aromatic carbocycles. The fraction of sp³-hybridized carbons (Fsp3) is 0.667. The van der Waals surface area contributed by atoms with Crippen LogP contribution in [0.25, 0.3) is 0 Å². The van der Waals surface area contributed by atoms with Crippen LogP contribution in [0, 0.1) is 11.8 Å². The lowest BCUT2D eigenvalue weighted by atomic mass is 9.96. The van der Waals surface area contributed by atoms with Gasteiger partial charge in [-0.2, -0.15) is 0 Å². The molecule has 144 valence electrons. The molecule has 6 nitrogen and oxygen atoms in total. The number of sulfonamides is 2. The summed E-state index contributed by atoms with van der Waals surface area (Å²) in [7, 11) is -7.22. The molecule has 2 bridgehead atoms. The summed E-state index contributed by atoms with van der Waals surface area (Å²) < 4.78 is 55.7. The highest BCUT2D eigenvalue weighted by atomic mass is 32.2. The van der Waals surface area contributed by atoms with Gasteiger partial charge >= 0.3 is 0 Å². The molecule has 0 unspecified atom stereocenters. The Labute approximate surface area is 155 Å². The minimum atomic E-state index is -3.62. The fourth-order valence-electron chi connectivity index (χ4n) is 4.79. The average Bonchev–Trinajstić information content (AvgIpc) is 3.32. The molecule has 3 atom stereocenters. The lowest BCUT2D eigenvalue weighted by molar-refractivity contribution is 0.390. The second kappa shape index (κ2) is 6.89. The van der Waals surface area contributed by atoms with E-state index in [0.29, 0.717) is 11.8 Å². The van der Waals surface area contributed by atoms with E-state index in [1.54, 1.807) is 0 Å². The van der Waals surface area contributed by atoms with Gasteiger partial charge in [0.25, 0.3) is 0 Å². The molecule has 0 amide bonds. The first-order valence-corrected chi connectivity index (χ1v) is 12.4. The van der Waals surface area contributed by atoms with Crippen molar-refractivity contribution in [1.29, 1.82) is 0 Å². The third kappa shape index (κ3) is 3.69. The molecule has 3 aliphatic rings. The zero-order valence-electron chi connectivity index (χ0n) is 14.7. The molecule has 26 heavy (non-hydrogen) atoms. The predicted molar refractivity (Wildman–Crippen MR) is 98.6 cm³/mol. The molecule has 4 rings (SSSR count). The molecule has 8 heteroatoms. The van der Waals surface area contributed by atoms with E-state index in [1.165, 1.54) is 30.7 Å². The third-order valence-electron chi connectivity index (χ3n) is 6.17. The van der Waals surface area contributed by atoms with Crippen LogP contribution >= 0.6 is 0 Å². The predicted octanol–water partition coefficient (Wildman–Crippen LogP) is 2.37. The topological polar surface area (TPSA) is 92.3 Å². The van der Waals surface area contributed by atoms with E-state index in [4.69, 9.17) is 0 Å². The normalized spacial score (nSPS) is 29.5. The summed E-state index contributed by atoms with van der Waals surface area (Å²) in [5, 5.41) is 0. The SMILES string of the molecule is O=S(=O)(NC1CCCC1)c1ccc(S(=O)(=O)N[C@@H]2C[C@H]3CC[C@H]2C3)cc1. The van der Waals surface area contributed by atoms with Gasteiger partial charge in [0.2, 0.25) is 20.0 Å². The zero-order valence-corrected chi connectivity index (χ0v) is 16.4. The van der Waals surface area contributed by atoms with Gasteiger partial charge in [0.05, 0.1) is 9.79 Å². The third-order valence-corrected chi connectivity index (χ3v) is 9.21. The molecule has 3 saturated carbocycles. The molecule has 0 aromatic heterocycles. The lowest BCUT2D eigenvalue weighted by Gasteiger charge is -2.22. The second-order valence-electron chi connectivity index (χ2n) is 7.98. The molecule has 0 radical (unpaired) electrons. The van der Waals surface area contributed by atoms with Gasteiger partial charge in [-0.3, -0.25) is 0 Å². The summed E-state index contributed by atoms with van der Waals surface area (Å²) in [6.45, 7) is 0. The van der Waals surface area contributed by atoms with Crippen molar-refractivity contribution < 1.29 is 16.8 Å². The molecular formula is C18H26N2O4S2. The van der Waals surface area contributed by atoms with Crippen LogP contribution in [-0.2, 0) is 20.0 Å². The van der Waals surface area contributed by atoms with Crippen molar-refractivity contribution in [2.75, 3.05) is 0 Å². The quantitative estimate of drug-likeness (QED) is 0.769. The van der Waals surface area contributed by atoms with Crippen molar-refractivity contribution in [3.63, 3.8) is 0 Å². The number of nitrogens with one attached hydrogen (secondary N) is 2. The number of benzene rings is 1. The zero-order chi connectivity index (χ0) is 18.4. The first kappa shape index (κ1) is 18.4. The molecule has 0 aliphatic heterocycles. The molecule has 0 saturated heterocycles. The Hall–Kier alpha value is -0.960. The van der Waals surface area contributed by atoms with Crippen LogP contribution in [0.3, 0.4) is 0 Å². The molecule has 1 aromatic rings. The maximum atomic E-state index is 12.6. The standard InChI is InChI=1S/C18H26N2O4S2/c21-25(22,19-15-3-1-2-4-15)16-7-9-17(10-8-16)26(23,24)20-18-12-13-5-6-14(18)11-13/h7-10,13-15,18-20H,1-6,11-12H2/t13-,14-,18+/m0/s1. The highest BCUT2D eigenvalue weighted by molar-refractivity contribution is 7.90. The van der Waals surface area contributed by atoms with E-state index >= 15 is 0 Å². The number of hydrogen-bond donors (Lipinski definition) is 2. The van der Waals surface area contributed by atoms with E-state index in [1.807, 2.05) is 0 Å². The summed E-state index contributed by atoms with van der Waals surface area (Å²) in [5.41, 5.74) is 0. The maximum absolute atomic E-state index is 12.6. The van der Waals surface area contributed by atoms with Crippen molar-refractivity contribution in [2.45, 2.75) is 73.2 Å². The fourth-order valence-corrected chi connectivity index (χ4v) is 7.41. The Morgan fingerprint density at radius 3 is 1.81 bits per heavy atom. The Morgan fingerprint density at radius 1 is 0.731 bits per heavy atom. The highest BCUT2D eigenvalue weighted by Gasteiger charge is 2.41. The van der Waals surface area contributed by atoms with Crippen LogP contribution in [0.5, 0.6) is 0 Å². The summed E-state index contributed by atoms with van der Waals surface area (Å²) in [6, 6.07) is 5.55. The number of fused-ring (bicyclic) bond motifs is 2. The molecule has 2 N–H and O–H groups in total. The van der Waals surface area contributed by atoms with E-state index in [9.17, 15) is 16.8 Å². The van der Waals surface area contributed by atoms with Crippen LogP contribution in [-0.4, -0.2) is 28.9 Å². The van der Waals surface area contributed by atoms with Crippen molar-refractivity contribution >= 4 is 20.0 Å². The second-order valence-corrected chi connectivity index (χ2v) is 11.4. The summed E-state index contributed by atoms with van der Waals surface area (Å²) in [4.78, 5) is 0.239. The molecule has 3 aliphatic carbocycles. The Balaban J connectivity index is 1.46. The first-order valence-electron chi connectivity index (χ1n) is 9.48. The van der Waals surface area contributed by atoms with Crippen molar-refractivity contribution in [1.82, 2.24) is 9.44 Å². The summed E-state index contributed by atoms with van der Waals surface area (Å²) in [6.07, 6.45) is 8.15. The molecule has 0 spiro atoms. The Bertz CT molecular complexity index is 859. The van der Waals surface area contributed by atoms with E-state index in [0.717, 1.165) is 44.9 Å². The van der Waals surface area contributed by atoms with Gasteiger partial charge in [0, 0.05) is 12.1 Å². The van der Waals surface area contributed by atoms with Crippen molar-refractivity contribution in [3.8, 4) is 0 Å². The van der Waals surface area contributed by atoms with Crippen LogP contribution in [0.1, 0.15) is 51.4 Å². The van der Waals surface area contributed by atoms with E-state index in [2.05, 4.69) is 9.44 Å². The minimum Gasteiger partial charge on any atom is -0.208 e. The van der Waals surface area contributed by atoms with Gasteiger partial charge in [-0.05, 0) is 68.2 Å². The largest absolute Gasteiger partial charge is 0.240 e. The average molecular weight is 399 g/mol.